The molecule has 0 aliphatic carbocycles. The van der Waals surface area contributed by atoms with Crippen LogP contribution in [0.2, 0.25) is 25.7 Å². The summed E-state index contributed by atoms with van der Waals surface area (Å²) in [5.74, 6) is -1.16. The van der Waals surface area contributed by atoms with Gasteiger partial charge in [0, 0.05) is 19.2 Å². The van der Waals surface area contributed by atoms with E-state index in [1.54, 1.807) is 6.92 Å². The zero-order chi connectivity index (χ0) is 22.9. The van der Waals surface area contributed by atoms with E-state index in [0.717, 1.165) is 19.0 Å². The van der Waals surface area contributed by atoms with Crippen LogP contribution in [0.1, 0.15) is 34.0 Å². The van der Waals surface area contributed by atoms with E-state index in [-0.39, 0.29) is 24.3 Å². The van der Waals surface area contributed by atoms with Gasteiger partial charge in [-0.1, -0.05) is 25.7 Å². The van der Waals surface area contributed by atoms with Crippen molar-refractivity contribution in [1.29, 1.82) is 0 Å². The maximum Gasteiger partial charge on any atom is 0.419 e. The predicted molar refractivity (Wildman–Crippen MR) is 109 cm³/mol. The molecule has 1 aliphatic rings. The molecule has 2 rings (SSSR count). The summed E-state index contributed by atoms with van der Waals surface area (Å²) in [5, 5.41) is 0. The molecule has 1 aliphatic heterocycles. The van der Waals surface area contributed by atoms with E-state index in [0.29, 0.717) is 29.0 Å². The van der Waals surface area contributed by atoms with Gasteiger partial charge in [0.05, 0.1) is 19.3 Å². The molecule has 9 heteroatoms. The molecule has 1 aromatic carbocycles. The van der Waals surface area contributed by atoms with Crippen LogP contribution in [0.15, 0.2) is 11.6 Å². The first-order valence-electron chi connectivity index (χ1n) is 9.58. The number of alkyl halides is 3. The minimum absolute atomic E-state index is 0.0537. The number of fused-ring (bicyclic) bond motifs is 1. The van der Waals surface area contributed by atoms with Crippen LogP contribution < -0.4 is 9.47 Å². The molecule has 0 bridgehead atoms. The maximum absolute atomic E-state index is 13.2. The van der Waals surface area contributed by atoms with Gasteiger partial charge in [0.15, 0.2) is 5.78 Å². The highest BCUT2D eigenvalue weighted by molar-refractivity contribution is 6.76. The standard InChI is InChI=1S/C21H27F3O5Si/c1-12-15-11-29-20(26)17(15)19(28-9-10-30(4,5)6)14(18(12)27-3)7-8-16(13(2)25)21(22,23)24/h8H,7,9-11H2,1-6H3/b16-8-. The average Bonchev–Trinajstić information content (AvgIpc) is 2.97. The second kappa shape index (κ2) is 8.83. The largest absolute Gasteiger partial charge is 0.496 e. The first-order valence-corrected chi connectivity index (χ1v) is 13.3. The van der Waals surface area contributed by atoms with Crippen molar-refractivity contribution in [3.63, 3.8) is 0 Å². The highest BCUT2D eigenvalue weighted by Gasteiger charge is 2.37. The van der Waals surface area contributed by atoms with Crippen LogP contribution in [0.3, 0.4) is 0 Å². The molecule has 0 aromatic heterocycles. The Hall–Kier alpha value is -2.29. The molecule has 30 heavy (non-hydrogen) atoms. The van der Waals surface area contributed by atoms with Crippen molar-refractivity contribution >= 4 is 19.8 Å². The Kier molecular flexibility index (Phi) is 7.06. The number of carbonyl (C=O) groups is 2. The molecule has 5 nitrogen and oxygen atoms in total. The van der Waals surface area contributed by atoms with Crippen LogP contribution >= 0.6 is 0 Å². The molecule has 0 N–H and O–H groups in total. The predicted octanol–water partition coefficient (Wildman–Crippen LogP) is 5.01. The third-order valence-corrected chi connectivity index (χ3v) is 6.62. The van der Waals surface area contributed by atoms with Crippen molar-refractivity contribution in [2.45, 2.75) is 58.7 Å². The molecular weight excluding hydrogens is 417 g/mol. The van der Waals surface area contributed by atoms with Crippen molar-refractivity contribution in [2.75, 3.05) is 13.7 Å². The molecular formula is C21H27F3O5Si. The zero-order valence-corrected chi connectivity index (χ0v) is 19.1. The molecule has 0 saturated heterocycles. The second-order valence-electron chi connectivity index (χ2n) is 8.43. The summed E-state index contributed by atoms with van der Waals surface area (Å²) in [4.78, 5) is 23.9. The number of benzene rings is 1. The molecule has 0 amide bonds. The molecule has 0 fully saturated rings. The lowest BCUT2D eigenvalue weighted by atomic mass is 9.94. The quantitative estimate of drug-likeness (QED) is 0.320. The van der Waals surface area contributed by atoms with Gasteiger partial charge in [0.2, 0.25) is 0 Å². The van der Waals surface area contributed by atoms with E-state index in [9.17, 15) is 22.8 Å². The number of hydrogen-bond acceptors (Lipinski definition) is 5. The summed E-state index contributed by atoms with van der Waals surface area (Å²) in [6.45, 7) is 9.45. The van der Waals surface area contributed by atoms with Crippen LogP contribution in [0.25, 0.3) is 0 Å². The zero-order valence-electron chi connectivity index (χ0n) is 18.1. The maximum atomic E-state index is 13.2. The second-order valence-corrected chi connectivity index (χ2v) is 14.1. The van der Waals surface area contributed by atoms with Crippen LogP contribution in [-0.4, -0.2) is 39.7 Å². The molecule has 1 heterocycles. The van der Waals surface area contributed by atoms with Gasteiger partial charge >= 0.3 is 12.1 Å². The number of carbonyl (C=O) groups excluding carboxylic acids is 2. The summed E-state index contributed by atoms with van der Waals surface area (Å²) >= 11 is 0. The number of halogens is 3. The van der Waals surface area contributed by atoms with Crippen LogP contribution in [0, 0.1) is 6.92 Å². The summed E-state index contributed by atoms with van der Waals surface area (Å²) in [7, 11) is -0.0539. The monoisotopic (exact) mass is 444 g/mol. The number of Topliss-reactive ketones (excluding diaryl/α,β-unsaturated/α-hetero) is 1. The van der Waals surface area contributed by atoms with Gasteiger partial charge in [-0.2, -0.15) is 13.2 Å². The Morgan fingerprint density at radius 3 is 2.37 bits per heavy atom. The summed E-state index contributed by atoms with van der Waals surface area (Å²) in [6, 6.07) is 0.795. The normalized spacial score (nSPS) is 14.4. The van der Waals surface area contributed by atoms with Crippen molar-refractivity contribution in [3.8, 4) is 11.5 Å². The van der Waals surface area contributed by atoms with Gasteiger partial charge in [-0.15, -0.1) is 0 Å². The highest BCUT2D eigenvalue weighted by atomic mass is 28.3. The number of hydrogen-bond donors (Lipinski definition) is 0. The Morgan fingerprint density at radius 2 is 1.87 bits per heavy atom. The summed E-state index contributed by atoms with van der Waals surface area (Å²) in [6.07, 6.45) is -4.23. The lowest BCUT2D eigenvalue weighted by Gasteiger charge is -2.21. The number of rotatable bonds is 8. The van der Waals surface area contributed by atoms with E-state index >= 15 is 0 Å². The molecule has 0 spiro atoms. The number of methoxy groups -OCH3 is 1. The lowest BCUT2D eigenvalue weighted by Crippen LogP contribution is -2.23. The Bertz CT molecular complexity index is 882. The van der Waals surface area contributed by atoms with Crippen molar-refractivity contribution in [2.24, 2.45) is 0 Å². The van der Waals surface area contributed by atoms with E-state index < -0.39 is 31.6 Å². The fraction of sp³-hybridized carbons (Fsp3) is 0.524. The molecule has 0 atom stereocenters. The third kappa shape index (κ3) is 5.24. The smallest absolute Gasteiger partial charge is 0.419 e. The van der Waals surface area contributed by atoms with Crippen LogP contribution in [0.5, 0.6) is 11.5 Å². The first-order chi connectivity index (χ1) is 13.8. The van der Waals surface area contributed by atoms with Crippen molar-refractivity contribution in [3.05, 3.63) is 33.9 Å². The van der Waals surface area contributed by atoms with Gasteiger partial charge in [-0.25, -0.2) is 4.79 Å². The van der Waals surface area contributed by atoms with Crippen molar-refractivity contribution < 1.29 is 37.0 Å². The minimum Gasteiger partial charge on any atom is -0.496 e. The number of allylic oxidation sites excluding steroid dienone is 2. The van der Waals surface area contributed by atoms with E-state index in [1.807, 2.05) is 0 Å². The summed E-state index contributed by atoms with van der Waals surface area (Å²) < 4.78 is 56.3. The highest BCUT2D eigenvalue weighted by Crippen LogP contribution is 2.43. The number of ketones is 1. The van der Waals surface area contributed by atoms with Gasteiger partial charge in [-0.05, 0) is 31.9 Å². The van der Waals surface area contributed by atoms with Gasteiger partial charge in [-0.3, -0.25) is 4.79 Å². The number of esters is 1. The van der Waals surface area contributed by atoms with E-state index in [1.165, 1.54) is 7.11 Å². The number of ether oxygens (including phenoxy) is 3. The fourth-order valence-corrected chi connectivity index (χ4v) is 4.01. The Labute approximate surface area is 175 Å². The number of cyclic esters (lactones) is 1. The first kappa shape index (κ1) is 24.0. The molecule has 0 radical (unpaired) electrons. The third-order valence-electron chi connectivity index (χ3n) is 4.92. The van der Waals surface area contributed by atoms with Gasteiger partial charge < -0.3 is 14.2 Å². The van der Waals surface area contributed by atoms with Crippen LogP contribution in [0.4, 0.5) is 13.2 Å². The topological polar surface area (TPSA) is 61.8 Å². The lowest BCUT2D eigenvalue weighted by molar-refractivity contribution is -0.127. The molecule has 166 valence electrons. The Balaban J connectivity index is 2.61. The fourth-order valence-electron chi connectivity index (χ4n) is 3.29. The molecule has 1 aromatic rings. The minimum atomic E-state index is -4.78. The summed E-state index contributed by atoms with van der Waals surface area (Å²) in [5.41, 5.74) is 0.485. The van der Waals surface area contributed by atoms with Gasteiger partial charge in [0.25, 0.3) is 0 Å². The van der Waals surface area contributed by atoms with E-state index in [2.05, 4.69) is 19.6 Å². The van der Waals surface area contributed by atoms with Crippen LogP contribution in [-0.2, 0) is 22.6 Å². The Morgan fingerprint density at radius 1 is 1.23 bits per heavy atom. The van der Waals surface area contributed by atoms with Gasteiger partial charge in [0.1, 0.15) is 23.7 Å². The van der Waals surface area contributed by atoms with Crippen molar-refractivity contribution in [1.82, 2.24) is 0 Å². The molecule has 0 saturated carbocycles. The van der Waals surface area contributed by atoms with E-state index in [4.69, 9.17) is 14.2 Å². The average molecular weight is 445 g/mol. The SMILES string of the molecule is COc1c(C)c2c(c(OCC[Si](C)(C)C)c1C/C=C(/C(C)=O)C(F)(F)F)C(=O)OC2. The molecule has 0 unspecified atom stereocenters.